The number of aromatic hydroxyl groups is 1. The minimum atomic E-state index is -0.685. The molecule has 1 heterocycles. The van der Waals surface area contributed by atoms with Gasteiger partial charge >= 0.3 is 6.03 Å². The van der Waals surface area contributed by atoms with Gasteiger partial charge in [-0.2, -0.15) is 0 Å². The van der Waals surface area contributed by atoms with E-state index in [0.717, 1.165) is 10.5 Å². The van der Waals surface area contributed by atoms with E-state index in [4.69, 9.17) is 0 Å². The molecule has 0 aliphatic carbocycles. The maximum atomic E-state index is 12.4. The van der Waals surface area contributed by atoms with E-state index in [1.54, 1.807) is 30.3 Å². The lowest BCUT2D eigenvalue weighted by molar-refractivity contribution is -0.127. The fourth-order valence-electron chi connectivity index (χ4n) is 2.46. The Labute approximate surface area is 149 Å². The topological polar surface area (TPSA) is 98.7 Å². The summed E-state index contributed by atoms with van der Waals surface area (Å²) in [5, 5.41) is 14.8. The lowest BCUT2D eigenvalue weighted by Gasteiger charge is -2.12. The van der Waals surface area contributed by atoms with Crippen LogP contribution in [-0.4, -0.2) is 34.4 Å². The molecule has 1 aliphatic heterocycles. The van der Waals surface area contributed by atoms with Crippen LogP contribution in [0.1, 0.15) is 11.1 Å². The summed E-state index contributed by atoms with van der Waals surface area (Å²) in [5.74, 6) is -1.13. The Kier molecular flexibility index (Phi) is 4.70. The van der Waals surface area contributed by atoms with Crippen molar-refractivity contribution >= 4 is 29.6 Å². The molecular formula is C19H17N3O4. The van der Waals surface area contributed by atoms with Crippen LogP contribution in [0.2, 0.25) is 0 Å². The zero-order valence-electron chi connectivity index (χ0n) is 14.0. The first-order chi connectivity index (χ1) is 12.4. The lowest BCUT2D eigenvalue weighted by atomic mass is 10.1. The van der Waals surface area contributed by atoms with Crippen molar-refractivity contribution in [2.24, 2.45) is 0 Å². The summed E-state index contributed by atoms with van der Waals surface area (Å²) >= 11 is 0. The first-order valence-corrected chi connectivity index (χ1v) is 7.93. The van der Waals surface area contributed by atoms with Gasteiger partial charge in [-0.3, -0.25) is 9.59 Å². The second-order valence-corrected chi connectivity index (χ2v) is 5.85. The smallest absolute Gasteiger partial charge is 0.329 e. The van der Waals surface area contributed by atoms with Crippen molar-refractivity contribution in [3.8, 4) is 5.75 Å². The van der Waals surface area contributed by atoms with Crippen molar-refractivity contribution in [1.82, 2.24) is 10.2 Å². The molecule has 0 saturated carbocycles. The molecule has 3 rings (SSSR count). The lowest BCUT2D eigenvalue weighted by Crippen LogP contribution is -2.38. The molecule has 132 valence electrons. The molecule has 7 nitrogen and oxygen atoms in total. The average molecular weight is 351 g/mol. The van der Waals surface area contributed by atoms with Gasteiger partial charge in [0.25, 0.3) is 5.91 Å². The van der Waals surface area contributed by atoms with Crippen molar-refractivity contribution in [1.29, 1.82) is 0 Å². The van der Waals surface area contributed by atoms with E-state index < -0.39 is 24.4 Å². The van der Waals surface area contributed by atoms with Crippen LogP contribution in [0.3, 0.4) is 0 Å². The van der Waals surface area contributed by atoms with Gasteiger partial charge < -0.3 is 15.7 Å². The Hall–Kier alpha value is -3.61. The average Bonchev–Trinajstić information content (AvgIpc) is 2.86. The number of aryl methyl sites for hydroxylation is 1. The van der Waals surface area contributed by atoms with Crippen LogP contribution in [0.5, 0.6) is 5.75 Å². The van der Waals surface area contributed by atoms with Crippen LogP contribution in [-0.2, 0) is 9.59 Å². The van der Waals surface area contributed by atoms with Gasteiger partial charge in [-0.1, -0.05) is 35.9 Å². The van der Waals surface area contributed by atoms with Gasteiger partial charge in [0.1, 0.15) is 18.0 Å². The van der Waals surface area contributed by atoms with E-state index in [0.29, 0.717) is 11.3 Å². The number of hydrogen-bond acceptors (Lipinski definition) is 4. The number of rotatable bonds is 4. The number of hydrogen-bond donors (Lipinski definition) is 3. The first-order valence-electron chi connectivity index (χ1n) is 7.93. The molecule has 2 aromatic carbocycles. The quantitative estimate of drug-likeness (QED) is 0.581. The number of carbonyl (C=O) groups excluding carboxylic acids is 3. The third-order valence-corrected chi connectivity index (χ3v) is 3.84. The Morgan fingerprint density at radius 2 is 1.85 bits per heavy atom. The molecule has 0 aromatic heterocycles. The van der Waals surface area contributed by atoms with Crippen molar-refractivity contribution in [3.05, 3.63) is 65.4 Å². The number of phenols is 1. The highest BCUT2D eigenvalue weighted by Gasteiger charge is 2.35. The van der Waals surface area contributed by atoms with E-state index in [1.165, 1.54) is 12.1 Å². The molecule has 0 radical (unpaired) electrons. The van der Waals surface area contributed by atoms with Crippen molar-refractivity contribution in [3.63, 3.8) is 0 Å². The number of imide groups is 1. The summed E-state index contributed by atoms with van der Waals surface area (Å²) in [7, 11) is 0. The van der Waals surface area contributed by atoms with E-state index in [2.05, 4.69) is 10.6 Å². The Bertz CT molecular complexity index is 903. The van der Waals surface area contributed by atoms with E-state index >= 15 is 0 Å². The molecular weight excluding hydrogens is 334 g/mol. The highest BCUT2D eigenvalue weighted by Crippen LogP contribution is 2.21. The highest BCUT2D eigenvalue weighted by atomic mass is 16.3. The number of phenolic OH excluding ortho intramolecular Hbond substituents is 1. The van der Waals surface area contributed by atoms with Crippen LogP contribution < -0.4 is 10.6 Å². The summed E-state index contributed by atoms with van der Waals surface area (Å²) < 4.78 is 0. The zero-order chi connectivity index (χ0) is 18.7. The van der Waals surface area contributed by atoms with Gasteiger partial charge in [-0.25, -0.2) is 9.69 Å². The molecule has 0 bridgehead atoms. The van der Waals surface area contributed by atoms with Gasteiger partial charge in [-0.05, 0) is 31.2 Å². The fraction of sp³-hybridized carbons (Fsp3) is 0.105. The third kappa shape index (κ3) is 3.72. The molecule has 0 spiro atoms. The third-order valence-electron chi connectivity index (χ3n) is 3.84. The summed E-state index contributed by atoms with van der Waals surface area (Å²) in [5.41, 5.74) is 2.02. The zero-order valence-corrected chi connectivity index (χ0v) is 14.0. The summed E-state index contributed by atoms with van der Waals surface area (Å²) in [6.45, 7) is 1.52. The fourth-order valence-corrected chi connectivity index (χ4v) is 2.46. The van der Waals surface area contributed by atoms with Crippen LogP contribution in [0, 0.1) is 6.92 Å². The van der Waals surface area contributed by atoms with Gasteiger partial charge in [0, 0.05) is 11.3 Å². The monoisotopic (exact) mass is 351 g/mol. The second-order valence-electron chi connectivity index (χ2n) is 5.85. The Balaban J connectivity index is 1.70. The van der Waals surface area contributed by atoms with Crippen molar-refractivity contribution in [2.45, 2.75) is 6.92 Å². The number of nitrogens with zero attached hydrogens (tertiary/aromatic N) is 1. The summed E-state index contributed by atoms with van der Waals surface area (Å²) in [6.07, 6.45) is 1.37. The SMILES string of the molecule is Cc1ccc(NC(=O)CN2C(=O)N/C(=C/c3ccccc3O)C2=O)cc1. The van der Waals surface area contributed by atoms with E-state index in [1.807, 2.05) is 19.1 Å². The highest BCUT2D eigenvalue weighted by molar-refractivity contribution is 6.16. The van der Waals surface area contributed by atoms with Crippen LogP contribution in [0.4, 0.5) is 10.5 Å². The number of nitrogens with one attached hydrogen (secondary N) is 2. The number of urea groups is 1. The summed E-state index contributed by atoms with van der Waals surface area (Å²) in [4.78, 5) is 37.3. The van der Waals surface area contributed by atoms with E-state index in [9.17, 15) is 19.5 Å². The van der Waals surface area contributed by atoms with E-state index in [-0.39, 0.29) is 11.4 Å². The Morgan fingerprint density at radius 1 is 1.15 bits per heavy atom. The van der Waals surface area contributed by atoms with Crippen LogP contribution >= 0.6 is 0 Å². The molecule has 3 N–H and O–H groups in total. The summed E-state index contributed by atoms with van der Waals surface area (Å²) in [6, 6.07) is 12.9. The normalized spacial score (nSPS) is 15.3. The van der Waals surface area contributed by atoms with Crippen LogP contribution in [0.25, 0.3) is 6.08 Å². The minimum Gasteiger partial charge on any atom is -0.507 e. The van der Waals surface area contributed by atoms with Gasteiger partial charge in [-0.15, -0.1) is 0 Å². The standard InChI is InChI=1S/C19H17N3O4/c1-12-6-8-14(9-7-12)20-17(24)11-22-18(25)15(21-19(22)26)10-13-4-2-3-5-16(13)23/h2-10,23H,11H2,1H3,(H,20,24)(H,21,26)/b15-10+. The number of anilines is 1. The molecule has 2 aromatic rings. The molecule has 26 heavy (non-hydrogen) atoms. The van der Waals surface area contributed by atoms with Gasteiger partial charge in [0.2, 0.25) is 5.91 Å². The largest absolute Gasteiger partial charge is 0.507 e. The molecule has 1 fully saturated rings. The van der Waals surface area contributed by atoms with Gasteiger partial charge in [0.15, 0.2) is 0 Å². The minimum absolute atomic E-state index is 0.000337. The molecule has 4 amide bonds. The second kappa shape index (κ2) is 7.10. The van der Waals surface area contributed by atoms with Crippen LogP contribution in [0.15, 0.2) is 54.2 Å². The maximum absolute atomic E-state index is 12.4. The van der Waals surface area contributed by atoms with Gasteiger partial charge in [0.05, 0.1) is 0 Å². The maximum Gasteiger partial charge on any atom is 0.329 e. The Morgan fingerprint density at radius 3 is 2.54 bits per heavy atom. The molecule has 0 atom stereocenters. The predicted molar refractivity (Wildman–Crippen MR) is 96.1 cm³/mol. The number of para-hydroxylation sites is 1. The number of carbonyl (C=O) groups is 3. The molecule has 1 aliphatic rings. The molecule has 0 unspecified atom stereocenters. The number of amides is 4. The van der Waals surface area contributed by atoms with Crippen molar-refractivity contribution < 1.29 is 19.5 Å². The predicted octanol–water partition coefficient (Wildman–Crippen LogP) is 2.23. The van der Waals surface area contributed by atoms with Crippen molar-refractivity contribution in [2.75, 3.05) is 11.9 Å². The molecule has 1 saturated heterocycles. The number of benzene rings is 2. The first kappa shape index (κ1) is 17.2. The molecule has 7 heteroatoms.